The number of thiophene rings is 1. The number of ether oxygens (including phenoxy) is 2. The number of rotatable bonds is 7. The fourth-order valence-corrected chi connectivity index (χ4v) is 2.21. The summed E-state index contributed by atoms with van der Waals surface area (Å²) in [4.78, 5) is 1.24. The van der Waals surface area contributed by atoms with E-state index in [4.69, 9.17) is 14.7 Å². The molecule has 1 heterocycles. The third-order valence-corrected chi connectivity index (χ3v) is 3.34. The predicted molar refractivity (Wildman–Crippen MR) is 75.2 cm³/mol. The molecular formula is C15H15NO2S. The first-order chi connectivity index (χ1) is 9.38. The molecule has 1 aromatic carbocycles. The lowest BCUT2D eigenvalue weighted by Gasteiger charge is -2.06. The molecule has 0 unspecified atom stereocenters. The normalized spacial score (nSPS) is 10.1. The zero-order chi connectivity index (χ0) is 13.3. The second-order valence-corrected chi connectivity index (χ2v) is 5.01. The largest absolute Gasteiger partial charge is 0.493 e. The zero-order valence-electron chi connectivity index (χ0n) is 10.5. The molecular weight excluding hydrogens is 258 g/mol. The molecule has 3 nitrogen and oxygen atoms in total. The highest BCUT2D eigenvalue weighted by atomic mass is 32.1. The fraction of sp³-hybridized carbons (Fsp3) is 0.267. The van der Waals surface area contributed by atoms with E-state index < -0.39 is 0 Å². The van der Waals surface area contributed by atoms with Crippen molar-refractivity contribution in [1.29, 1.82) is 5.26 Å². The lowest BCUT2D eigenvalue weighted by molar-refractivity contribution is 0.109. The van der Waals surface area contributed by atoms with Crippen molar-refractivity contribution in [3.8, 4) is 11.8 Å². The number of nitrogens with zero attached hydrogens (tertiary/aromatic N) is 1. The molecule has 0 atom stereocenters. The second-order valence-electron chi connectivity index (χ2n) is 3.97. The molecule has 0 amide bonds. The van der Waals surface area contributed by atoms with Gasteiger partial charge in [-0.1, -0.05) is 12.1 Å². The Labute approximate surface area is 117 Å². The van der Waals surface area contributed by atoms with Crippen molar-refractivity contribution in [2.45, 2.75) is 13.0 Å². The maximum absolute atomic E-state index is 8.77. The summed E-state index contributed by atoms with van der Waals surface area (Å²) in [6.07, 6.45) is 0.835. The fourth-order valence-electron chi connectivity index (χ4n) is 1.57. The van der Waals surface area contributed by atoms with E-state index in [0.29, 0.717) is 25.4 Å². The monoisotopic (exact) mass is 273 g/mol. The SMILES string of the molecule is N#Cc1cccc(OCCCOCc2cccs2)c1. The minimum absolute atomic E-state index is 0.597. The van der Waals surface area contributed by atoms with E-state index in [1.165, 1.54) is 4.88 Å². The van der Waals surface area contributed by atoms with E-state index in [9.17, 15) is 0 Å². The van der Waals surface area contributed by atoms with Crippen LogP contribution in [0.5, 0.6) is 5.75 Å². The van der Waals surface area contributed by atoms with E-state index in [1.807, 2.05) is 23.6 Å². The minimum Gasteiger partial charge on any atom is -0.493 e. The molecule has 0 saturated carbocycles. The third-order valence-electron chi connectivity index (χ3n) is 2.49. The topological polar surface area (TPSA) is 42.2 Å². The Kier molecular flexibility index (Phi) is 5.42. The standard InChI is InChI=1S/C15H15NO2S/c16-11-13-4-1-5-14(10-13)18-8-3-7-17-12-15-6-2-9-19-15/h1-2,4-6,9-10H,3,7-8,12H2. The molecule has 19 heavy (non-hydrogen) atoms. The van der Waals surface area contributed by atoms with E-state index in [2.05, 4.69) is 12.1 Å². The van der Waals surface area contributed by atoms with Gasteiger partial charge in [0.2, 0.25) is 0 Å². The Bertz CT molecular complexity index is 531. The molecule has 2 aromatic rings. The average molecular weight is 273 g/mol. The van der Waals surface area contributed by atoms with Crippen LogP contribution in [0.25, 0.3) is 0 Å². The van der Waals surface area contributed by atoms with Gasteiger partial charge in [-0.05, 0) is 29.6 Å². The van der Waals surface area contributed by atoms with Crippen molar-refractivity contribution in [3.05, 3.63) is 52.2 Å². The van der Waals surface area contributed by atoms with Crippen molar-refractivity contribution in [3.63, 3.8) is 0 Å². The summed E-state index contributed by atoms with van der Waals surface area (Å²) in [6.45, 7) is 1.94. The van der Waals surface area contributed by atoms with Gasteiger partial charge in [-0.3, -0.25) is 0 Å². The smallest absolute Gasteiger partial charge is 0.120 e. The van der Waals surface area contributed by atoms with Crippen molar-refractivity contribution >= 4 is 11.3 Å². The van der Waals surface area contributed by atoms with Gasteiger partial charge in [-0.2, -0.15) is 5.26 Å². The highest BCUT2D eigenvalue weighted by molar-refractivity contribution is 7.09. The summed E-state index contributed by atoms with van der Waals surface area (Å²) in [5.41, 5.74) is 0.617. The van der Waals surface area contributed by atoms with Crippen LogP contribution >= 0.6 is 11.3 Å². The Balaban J connectivity index is 1.60. The summed E-state index contributed by atoms with van der Waals surface area (Å²) in [6, 6.07) is 13.4. The van der Waals surface area contributed by atoms with Crippen LogP contribution in [0.2, 0.25) is 0 Å². The number of nitriles is 1. The van der Waals surface area contributed by atoms with Crippen LogP contribution in [0, 0.1) is 11.3 Å². The van der Waals surface area contributed by atoms with Crippen LogP contribution < -0.4 is 4.74 Å². The molecule has 1 aromatic heterocycles. The van der Waals surface area contributed by atoms with Crippen molar-refractivity contribution in [2.24, 2.45) is 0 Å². The van der Waals surface area contributed by atoms with E-state index in [0.717, 1.165) is 12.2 Å². The zero-order valence-corrected chi connectivity index (χ0v) is 11.4. The Morgan fingerprint density at radius 1 is 1.16 bits per heavy atom. The summed E-state index contributed by atoms with van der Waals surface area (Å²) in [5, 5.41) is 10.8. The molecule has 0 N–H and O–H groups in total. The molecule has 0 bridgehead atoms. The lowest BCUT2D eigenvalue weighted by Crippen LogP contribution is -2.03. The van der Waals surface area contributed by atoms with Gasteiger partial charge >= 0.3 is 0 Å². The number of benzene rings is 1. The van der Waals surface area contributed by atoms with Gasteiger partial charge in [0.05, 0.1) is 31.5 Å². The van der Waals surface area contributed by atoms with Gasteiger partial charge in [-0.15, -0.1) is 11.3 Å². The van der Waals surface area contributed by atoms with E-state index in [-0.39, 0.29) is 0 Å². The first-order valence-corrected chi connectivity index (χ1v) is 6.99. The maximum atomic E-state index is 8.77. The van der Waals surface area contributed by atoms with Gasteiger partial charge < -0.3 is 9.47 Å². The molecule has 0 aliphatic rings. The van der Waals surface area contributed by atoms with Gasteiger partial charge in [0, 0.05) is 11.3 Å². The molecule has 0 radical (unpaired) electrons. The average Bonchev–Trinajstić information content (AvgIpc) is 2.96. The van der Waals surface area contributed by atoms with Crippen LogP contribution in [-0.4, -0.2) is 13.2 Å². The first-order valence-electron chi connectivity index (χ1n) is 6.11. The van der Waals surface area contributed by atoms with E-state index in [1.54, 1.807) is 23.5 Å². The molecule has 0 aliphatic heterocycles. The first kappa shape index (κ1) is 13.6. The van der Waals surface area contributed by atoms with Gasteiger partial charge in [0.15, 0.2) is 0 Å². The van der Waals surface area contributed by atoms with Crippen LogP contribution in [-0.2, 0) is 11.3 Å². The molecule has 0 aliphatic carbocycles. The Morgan fingerprint density at radius 3 is 2.89 bits per heavy atom. The molecule has 0 fully saturated rings. The van der Waals surface area contributed by atoms with Gasteiger partial charge in [0.25, 0.3) is 0 Å². The van der Waals surface area contributed by atoms with E-state index >= 15 is 0 Å². The third kappa shape index (κ3) is 4.74. The Morgan fingerprint density at radius 2 is 2.11 bits per heavy atom. The Hall–Kier alpha value is -1.83. The maximum Gasteiger partial charge on any atom is 0.120 e. The lowest BCUT2D eigenvalue weighted by atomic mass is 10.2. The van der Waals surface area contributed by atoms with Crippen LogP contribution in [0.1, 0.15) is 16.9 Å². The van der Waals surface area contributed by atoms with Gasteiger partial charge in [0.1, 0.15) is 5.75 Å². The molecule has 2 rings (SSSR count). The molecule has 0 saturated heterocycles. The van der Waals surface area contributed by atoms with Crippen LogP contribution in [0.3, 0.4) is 0 Å². The van der Waals surface area contributed by atoms with Crippen LogP contribution in [0.15, 0.2) is 41.8 Å². The minimum atomic E-state index is 0.597. The number of hydrogen-bond donors (Lipinski definition) is 0. The van der Waals surface area contributed by atoms with Gasteiger partial charge in [-0.25, -0.2) is 0 Å². The van der Waals surface area contributed by atoms with Crippen LogP contribution in [0.4, 0.5) is 0 Å². The van der Waals surface area contributed by atoms with Crippen molar-refractivity contribution in [2.75, 3.05) is 13.2 Å². The second kappa shape index (κ2) is 7.57. The summed E-state index contributed by atoms with van der Waals surface area (Å²) in [5.74, 6) is 0.734. The molecule has 4 heteroatoms. The summed E-state index contributed by atoms with van der Waals surface area (Å²) < 4.78 is 11.1. The summed E-state index contributed by atoms with van der Waals surface area (Å²) >= 11 is 1.70. The summed E-state index contributed by atoms with van der Waals surface area (Å²) in [7, 11) is 0. The predicted octanol–water partition coefficient (Wildman–Crippen LogP) is 3.61. The van der Waals surface area contributed by atoms with Crippen molar-refractivity contribution < 1.29 is 9.47 Å². The highest BCUT2D eigenvalue weighted by Gasteiger charge is 1.97. The molecule has 98 valence electrons. The highest BCUT2D eigenvalue weighted by Crippen LogP contribution is 2.13. The number of hydrogen-bond acceptors (Lipinski definition) is 4. The van der Waals surface area contributed by atoms with Crippen molar-refractivity contribution in [1.82, 2.24) is 0 Å². The quantitative estimate of drug-likeness (QED) is 0.724. The molecule has 0 spiro atoms.